The molecule has 1 aromatic heterocycles. The largest absolute Gasteiger partial charge is 0.308 e. The van der Waals surface area contributed by atoms with E-state index in [9.17, 15) is 5.26 Å². The highest BCUT2D eigenvalue weighted by molar-refractivity contribution is 5.52. The van der Waals surface area contributed by atoms with E-state index in [4.69, 9.17) is 5.26 Å². The van der Waals surface area contributed by atoms with Crippen molar-refractivity contribution in [3.8, 4) is 17.8 Å². The number of nitriles is 2. The van der Waals surface area contributed by atoms with E-state index in [0.717, 1.165) is 5.56 Å². The normalized spacial score (nSPS) is 10.9. The van der Waals surface area contributed by atoms with Crippen LogP contribution in [0, 0.1) is 22.7 Å². The molecule has 21 heavy (non-hydrogen) atoms. The molecule has 0 atom stereocenters. The number of rotatable bonds is 3. The highest BCUT2D eigenvalue weighted by atomic mass is 15.1. The van der Waals surface area contributed by atoms with Gasteiger partial charge in [-0.25, -0.2) is 4.98 Å². The summed E-state index contributed by atoms with van der Waals surface area (Å²) in [7, 11) is 0. The standard InChI is InChI=1S/C16H17N5/c1-16(2,3)20-11-12-4-5-14(13(8-12)9-17)21-7-6-19-15(21)10-18/h4-8,20H,11H2,1-3H3. The molecule has 0 aliphatic heterocycles. The number of benzene rings is 1. The monoisotopic (exact) mass is 279 g/mol. The Kier molecular flexibility index (Phi) is 4.07. The zero-order valence-electron chi connectivity index (χ0n) is 12.4. The summed E-state index contributed by atoms with van der Waals surface area (Å²) in [5.74, 6) is 0.270. The summed E-state index contributed by atoms with van der Waals surface area (Å²) in [5.41, 5.74) is 2.25. The molecule has 1 N–H and O–H groups in total. The number of nitrogens with zero attached hydrogens (tertiary/aromatic N) is 4. The van der Waals surface area contributed by atoms with Crippen molar-refractivity contribution in [1.29, 1.82) is 10.5 Å². The third-order valence-electron chi connectivity index (χ3n) is 3.00. The van der Waals surface area contributed by atoms with Crippen LogP contribution in [0.15, 0.2) is 30.6 Å². The quantitative estimate of drug-likeness (QED) is 0.936. The van der Waals surface area contributed by atoms with Crippen molar-refractivity contribution in [3.05, 3.63) is 47.5 Å². The minimum absolute atomic E-state index is 0.0177. The molecule has 2 aromatic rings. The average molecular weight is 279 g/mol. The highest BCUT2D eigenvalue weighted by Crippen LogP contribution is 2.18. The Morgan fingerprint density at radius 3 is 2.62 bits per heavy atom. The molecule has 0 aliphatic rings. The van der Waals surface area contributed by atoms with Crippen LogP contribution >= 0.6 is 0 Å². The van der Waals surface area contributed by atoms with Gasteiger partial charge in [-0.2, -0.15) is 10.5 Å². The molecular formula is C16H17N5. The van der Waals surface area contributed by atoms with Crippen LogP contribution < -0.4 is 5.32 Å². The minimum atomic E-state index is 0.0177. The molecule has 1 heterocycles. The Balaban J connectivity index is 2.34. The first kappa shape index (κ1) is 14.8. The molecule has 5 nitrogen and oxygen atoms in total. The van der Waals surface area contributed by atoms with Crippen molar-refractivity contribution in [1.82, 2.24) is 14.9 Å². The summed E-state index contributed by atoms with van der Waals surface area (Å²) in [6, 6.07) is 9.85. The molecule has 0 amide bonds. The number of imidazole rings is 1. The van der Waals surface area contributed by atoms with Crippen LogP contribution in [0.4, 0.5) is 0 Å². The van der Waals surface area contributed by atoms with Crippen molar-refractivity contribution < 1.29 is 0 Å². The second-order valence-corrected chi connectivity index (χ2v) is 5.80. The number of nitrogens with one attached hydrogen (secondary N) is 1. The number of hydrogen-bond acceptors (Lipinski definition) is 4. The van der Waals surface area contributed by atoms with Gasteiger partial charge in [0.1, 0.15) is 12.1 Å². The summed E-state index contributed by atoms with van der Waals surface area (Å²) in [4.78, 5) is 3.96. The molecule has 2 rings (SSSR count). The van der Waals surface area contributed by atoms with Crippen LogP contribution in [0.1, 0.15) is 37.7 Å². The predicted octanol–water partition coefficient (Wildman–Crippen LogP) is 2.50. The lowest BCUT2D eigenvalue weighted by Gasteiger charge is -2.20. The van der Waals surface area contributed by atoms with Gasteiger partial charge in [-0.05, 0) is 38.5 Å². The van der Waals surface area contributed by atoms with Gasteiger partial charge in [0.15, 0.2) is 0 Å². The van der Waals surface area contributed by atoms with Gasteiger partial charge in [0.05, 0.1) is 11.3 Å². The van der Waals surface area contributed by atoms with Gasteiger partial charge in [-0.15, -0.1) is 0 Å². The molecule has 0 saturated heterocycles. The molecule has 0 saturated carbocycles. The first-order valence-electron chi connectivity index (χ1n) is 6.66. The van der Waals surface area contributed by atoms with Crippen LogP contribution in [0.3, 0.4) is 0 Å². The summed E-state index contributed by atoms with van der Waals surface area (Å²) < 4.78 is 1.62. The molecule has 0 aliphatic carbocycles. The third-order valence-corrected chi connectivity index (χ3v) is 3.00. The summed E-state index contributed by atoms with van der Waals surface area (Å²) >= 11 is 0. The fourth-order valence-corrected chi connectivity index (χ4v) is 1.94. The Hall–Kier alpha value is -2.63. The fourth-order valence-electron chi connectivity index (χ4n) is 1.94. The first-order valence-corrected chi connectivity index (χ1v) is 6.66. The van der Waals surface area contributed by atoms with Gasteiger partial charge in [0.2, 0.25) is 5.82 Å². The topological polar surface area (TPSA) is 77.4 Å². The molecule has 0 bridgehead atoms. The van der Waals surface area contributed by atoms with Gasteiger partial charge in [0.25, 0.3) is 0 Å². The summed E-state index contributed by atoms with van der Waals surface area (Å²) in [6.07, 6.45) is 3.23. The van der Waals surface area contributed by atoms with Crippen LogP contribution in [-0.2, 0) is 6.54 Å². The fraction of sp³-hybridized carbons (Fsp3) is 0.312. The van der Waals surface area contributed by atoms with Crippen molar-refractivity contribution >= 4 is 0 Å². The van der Waals surface area contributed by atoms with Crippen LogP contribution in [0.5, 0.6) is 0 Å². The maximum Gasteiger partial charge on any atom is 0.217 e. The van der Waals surface area contributed by atoms with E-state index in [1.165, 1.54) is 0 Å². The van der Waals surface area contributed by atoms with Crippen molar-refractivity contribution in [3.63, 3.8) is 0 Å². The maximum atomic E-state index is 9.35. The SMILES string of the molecule is CC(C)(C)NCc1ccc(-n2ccnc2C#N)c(C#N)c1. The first-order chi connectivity index (χ1) is 9.94. The lowest BCUT2D eigenvalue weighted by molar-refractivity contribution is 0.424. The van der Waals surface area contributed by atoms with E-state index in [1.54, 1.807) is 17.0 Å². The van der Waals surface area contributed by atoms with E-state index in [2.05, 4.69) is 37.1 Å². The van der Waals surface area contributed by atoms with Gasteiger partial charge in [-0.3, -0.25) is 4.57 Å². The zero-order chi connectivity index (χ0) is 15.5. The number of aromatic nitrogens is 2. The van der Waals surface area contributed by atoms with E-state index >= 15 is 0 Å². The predicted molar refractivity (Wildman–Crippen MR) is 79.6 cm³/mol. The second kappa shape index (κ2) is 5.78. The Morgan fingerprint density at radius 2 is 2.00 bits per heavy atom. The molecule has 1 aromatic carbocycles. The molecule has 5 heteroatoms. The van der Waals surface area contributed by atoms with E-state index in [-0.39, 0.29) is 11.4 Å². The van der Waals surface area contributed by atoms with Gasteiger partial charge < -0.3 is 5.32 Å². The van der Waals surface area contributed by atoms with Crippen molar-refractivity contribution in [2.24, 2.45) is 0 Å². The molecule has 0 spiro atoms. The molecule has 0 unspecified atom stereocenters. The van der Waals surface area contributed by atoms with Crippen LogP contribution in [0.2, 0.25) is 0 Å². The van der Waals surface area contributed by atoms with E-state index in [0.29, 0.717) is 17.8 Å². The highest BCUT2D eigenvalue weighted by Gasteiger charge is 2.12. The van der Waals surface area contributed by atoms with Crippen molar-refractivity contribution in [2.45, 2.75) is 32.9 Å². The molecule has 0 radical (unpaired) electrons. The Labute approximate surface area is 124 Å². The number of hydrogen-bond donors (Lipinski definition) is 1. The summed E-state index contributed by atoms with van der Waals surface area (Å²) in [5, 5.41) is 21.8. The zero-order valence-corrected chi connectivity index (χ0v) is 12.4. The Morgan fingerprint density at radius 1 is 1.24 bits per heavy atom. The summed E-state index contributed by atoms with van der Waals surface area (Å²) in [6.45, 7) is 6.97. The van der Waals surface area contributed by atoms with Crippen LogP contribution in [-0.4, -0.2) is 15.1 Å². The second-order valence-electron chi connectivity index (χ2n) is 5.80. The smallest absolute Gasteiger partial charge is 0.217 e. The maximum absolute atomic E-state index is 9.35. The van der Waals surface area contributed by atoms with Crippen molar-refractivity contribution in [2.75, 3.05) is 0 Å². The van der Waals surface area contributed by atoms with Gasteiger partial charge in [-0.1, -0.05) is 6.07 Å². The molecule has 0 fully saturated rings. The Bertz CT molecular complexity index is 722. The molecule has 106 valence electrons. The minimum Gasteiger partial charge on any atom is -0.308 e. The lowest BCUT2D eigenvalue weighted by atomic mass is 10.1. The van der Waals surface area contributed by atoms with Gasteiger partial charge in [0, 0.05) is 24.5 Å². The molecular weight excluding hydrogens is 262 g/mol. The van der Waals surface area contributed by atoms with E-state index in [1.807, 2.05) is 24.3 Å². The lowest BCUT2D eigenvalue weighted by Crippen LogP contribution is -2.35. The van der Waals surface area contributed by atoms with E-state index < -0.39 is 0 Å². The van der Waals surface area contributed by atoms with Crippen LogP contribution in [0.25, 0.3) is 5.69 Å². The third kappa shape index (κ3) is 3.47. The average Bonchev–Trinajstić information content (AvgIpc) is 2.92. The van der Waals surface area contributed by atoms with Gasteiger partial charge >= 0.3 is 0 Å².